The molecule has 28 heavy (non-hydrogen) atoms. The number of ether oxygens (including phenoxy) is 2. The zero-order chi connectivity index (χ0) is 19.9. The van der Waals surface area contributed by atoms with Crippen molar-refractivity contribution in [2.24, 2.45) is 0 Å². The molecule has 0 aliphatic carbocycles. The third kappa shape index (κ3) is 3.34. The molecule has 0 radical (unpaired) electrons. The topological polar surface area (TPSA) is 38.8 Å². The van der Waals surface area contributed by atoms with Crippen LogP contribution in [0.25, 0.3) is 10.4 Å². The summed E-state index contributed by atoms with van der Waals surface area (Å²) in [7, 11) is 1.64. The van der Waals surface area contributed by atoms with Crippen molar-refractivity contribution < 1.29 is 14.3 Å². The molecule has 0 atom stereocenters. The number of para-hydroxylation sites is 1. The van der Waals surface area contributed by atoms with E-state index in [1.807, 2.05) is 36.4 Å². The Kier molecular flexibility index (Phi) is 4.99. The number of carbonyl (C=O) groups excluding carboxylic acids is 1. The Balaban J connectivity index is 1.76. The molecule has 0 saturated heterocycles. The number of rotatable bonds is 4. The van der Waals surface area contributed by atoms with Gasteiger partial charge >= 0.3 is 5.97 Å². The first-order valence-corrected chi connectivity index (χ1v) is 10.8. The fourth-order valence-electron chi connectivity index (χ4n) is 3.40. The molecule has 7 heteroatoms. The van der Waals surface area contributed by atoms with E-state index in [9.17, 15) is 4.79 Å². The lowest BCUT2D eigenvalue weighted by Crippen LogP contribution is -2.47. The minimum atomic E-state index is -0.400. The van der Waals surface area contributed by atoms with E-state index in [1.165, 1.54) is 9.75 Å². The first-order valence-electron chi connectivity index (χ1n) is 8.76. The summed E-state index contributed by atoms with van der Waals surface area (Å²) in [6, 6.07) is 15.1. The SMILES string of the molecule is COc1ccc2c(c1)N(CC(=O)Oc1ccccc1)C(C)(C)c1sc(=S)sc1-2. The summed E-state index contributed by atoms with van der Waals surface area (Å²) in [5, 5.41) is 0. The standard InChI is InChI=1S/C21H19NO3S3/c1-21(2)19-18(27-20(26)28-19)15-10-9-14(24-3)11-16(15)22(21)12-17(23)25-13-7-5-4-6-8-13/h4-11H,12H2,1-3H3. The summed E-state index contributed by atoms with van der Waals surface area (Å²) in [4.78, 5) is 17.2. The van der Waals surface area contributed by atoms with Gasteiger partial charge in [-0.1, -0.05) is 30.4 Å². The van der Waals surface area contributed by atoms with Crippen LogP contribution < -0.4 is 14.4 Å². The Morgan fingerprint density at radius 1 is 1.11 bits per heavy atom. The van der Waals surface area contributed by atoms with Gasteiger partial charge in [-0.3, -0.25) is 0 Å². The normalized spacial score (nSPS) is 14.2. The predicted molar refractivity (Wildman–Crippen MR) is 117 cm³/mol. The van der Waals surface area contributed by atoms with Crippen LogP contribution in [-0.2, 0) is 10.3 Å². The van der Waals surface area contributed by atoms with Crippen molar-refractivity contribution in [3.05, 3.63) is 56.5 Å². The monoisotopic (exact) mass is 429 g/mol. The quantitative estimate of drug-likeness (QED) is 0.294. The maximum Gasteiger partial charge on any atom is 0.330 e. The fraction of sp³-hybridized carbons (Fsp3) is 0.238. The molecule has 0 fully saturated rings. The highest BCUT2D eigenvalue weighted by atomic mass is 32.2. The number of nitrogens with zero attached hydrogens (tertiary/aromatic N) is 1. The molecular weight excluding hydrogens is 410 g/mol. The van der Waals surface area contributed by atoms with Gasteiger partial charge in [0.1, 0.15) is 21.2 Å². The van der Waals surface area contributed by atoms with Gasteiger partial charge in [0.05, 0.1) is 23.2 Å². The highest BCUT2D eigenvalue weighted by Gasteiger charge is 2.40. The Labute approximate surface area is 177 Å². The van der Waals surface area contributed by atoms with Crippen LogP contribution in [0.5, 0.6) is 11.5 Å². The van der Waals surface area contributed by atoms with Gasteiger partial charge in [-0.2, -0.15) is 0 Å². The van der Waals surface area contributed by atoms with Crippen molar-refractivity contribution in [2.75, 3.05) is 18.6 Å². The Hall–Kier alpha value is -2.22. The summed E-state index contributed by atoms with van der Waals surface area (Å²) in [6.07, 6.45) is 0. The largest absolute Gasteiger partial charge is 0.497 e. The Bertz CT molecular complexity index is 1090. The molecule has 0 bridgehead atoms. The molecule has 0 N–H and O–H groups in total. The van der Waals surface area contributed by atoms with Crippen molar-refractivity contribution in [3.8, 4) is 21.9 Å². The minimum absolute atomic E-state index is 0.122. The van der Waals surface area contributed by atoms with Gasteiger partial charge in [-0.05, 0) is 38.1 Å². The first-order chi connectivity index (χ1) is 13.4. The third-order valence-electron chi connectivity index (χ3n) is 4.81. The van der Waals surface area contributed by atoms with Crippen LogP contribution in [0.1, 0.15) is 18.7 Å². The van der Waals surface area contributed by atoms with E-state index >= 15 is 0 Å². The molecule has 0 unspecified atom stereocenters. The zero-order valence-electron chi connectivity index (χ0n) is 15.7. The summed E-state index contributed by atoms with van der Waals surface area (Å²) in [6.45, 7) is 4.35. The second-order valence-electron chi connectivity index (χ2n) is 6.93. The summed E-state index contributed by atoms with van der Waals surface area (Å²) >= 11 is 8.71. The summed E-state index contributed by atoms with van der Waals surface area (Å²) < 4.78 is 11.9. The maximum atomic E-state index is 12.7. The number of methoxy groups -OCH3 is 1. The Morgan fingerprint density at radius 3 is 2.57 bits per heavy atom. The van der Waals surface area contributed by atoms with Crippen molar-refractivity contribution in [1.82, 2.24) is 0 Å². The first kappa shape index (κ1) is 19.1. The van der Waals surface area contributed by atoms with Crippen LogP contribution in [0.2, 0.25) is 0 Å². The van der Waals surface area contributed by atoms with Crippen LogP contribution in [0.3, 0.4) is 0 Å². The van der Waals surface area contributed by atoms with Crippen molar-refractivity contribution >= 4 is 46.5 Å². The number of fused-ring (bicyclic) bond motifs is 3. The van der Waals surface area contributed by atoms with E-state index < -0.39 is 5.54 Å². The number of esters is 1. The minimum Gasteiger partial charge on any atom is -0.497 e. The van der Waals surface area contributed by atoms with Crippen LogP contribution in [-0.4, -0.2) is 19.6 Å². The van der Waals surface area contributed by atoms with Gasteiger partial charge < -0.3 is 14.4 Å². The summed E-state index contributed by atoms with van der Waals surface area (Å²) in [5.41, 5.74) is 1.62. The average Bonchev–Trinajstić information content (AvgIpc) is 3.08. The lowest BCUT2D eigenvalue weighted by atomic mass is 9.90. The molecule has 1 aromatic heterocycles. The van der Waals surface area contributed by atoms with E-state index in [0.717, 1.165) is 20.1 Å². The summed E-state index contributed by atoms with van der Waals surface area (Å²) in [5.74, 6) is 0.980. The van der Waals surface area contributed by atoms with E-state index in [4.69, 9.17) is 21.7 Å². The number of anilines is 1. The lowest BCUT2D eigenvalue weighted by Gasteiger charge is -2.43. The molecule has 1 aliphatic heterocycles. The van der Waals surface area contributed by atoms with Crippen LogP contribution in [0.4, 0.5) is 5.69 Å². The lowest BCUT2D eigenvalue weighted by molar-refractivity contribution is -0.133. The molecule has 144 valence electrons. The predicted octanol–water partition coefficient (Wildman–Crippen LogP) is 5.88. The highest BCUT2D eigenvalue weighted by Crippen LogP contribution is 2.53. The van der Waals surface area contributed by atoms with Crippen molar-refractivity contribution in [1.29, 1.82) is 0 Å². The molecule has 2 aromatic carbocycles. The molecule has 1 aliphatic rings. The van der Waals surface area contributed by atoms with Gasteiger partial charge in [0.15, 0.2) is 0 Å². The van der Waals surface area contributed by atoms with Gasteiger partial charge in [-0.25, -0.2) is 4.79 Å². The third-order valence-corrected chi connectivity index (χ3v) is 7.81. The molecule has 0 saturated carbocycles. The number of benzene rings is 2. The second-order valence-corrected chi connectivity index (χ2v) is 10.2. The van der Waals surface area contributed by atoms with E-state index in [0.29, 0.717) is 5.75 Å². The van der Waals surface area contributed by atoms with E-state index in [1.54, 1.807) is 41.9 Å². The van der Waals surface area contributed by atoms with Crippen LogP contribution in [0.15, 0.2) is 48.5 Å². The number of carbonyl (C=O) groups is 1. The van der Waals surface area contributed by atoms with Crippen LogP contribution in [0, 0.1) is 3.14 Å². The second kappa shape index (κ2) is 7.31. The average molecular weight is 430 g/mol. The molecule has 4 rings (SSSR count). The van der Waals surface area contributed by atoms with Gasteiger partial charge in [-0.15, -0.1) is 22.7 Å². The maximum absolute atomic E-state index is 12.7. The van der Waals surface area contributed by atoms with E-state index in [2.05, 4.69) is 18.7 Å². The Morgan fingerprint density at radius 2 is 1.86 bits per heavy atom. The zero-order valence-corrected chi connectivity index (χ0v) is 18.2. The molecule has 2 heterocycles. The van der Waals surface area contributed by atoms with Gasteiger partial charge in [0.2, 0.25) is 0 Å². The smallest absolute Gasteiger partial charge is 0.330 e. The van der Waals surface area contributed by atoms with Crippen molar-refractivity contribution in [2.45, 2.75) is 19.4 Å². The molecule has 3 aromatic rings. The fourth-order valence-corrected chi connectivity index (χ4v) is 6.34. The number of hydrogen-bond donors (Lipinski definition) is 0. The molecule has 0 spiro atoms. The van der Waals surface area contributed by atoms with E-state index in [-0.39, 0.29) is 12.5 Å². The molecule has 0 amide bonds. The highest BCUT2D eigenvalue weighted by molar-refractivity contribution is 7.76. The van der Waals surface area contributed by atoms with Gasteiger partial charge in [0, 0.05) is 16.5 Å². The van der Waals surface area contributed by atoms with Crippen molar-refractivity contribution in [3.63, 3.8) is 0 Å². The van der Waals surface area contributed by atoms with Crippen LogP contribution >= 0.6 is 34.9 Å². The number of hydrogen-bond acceptors (Lipinski definition) is 7. The molecular formula is C21H19NO3S3. The molecule has 4 nitrogen and oxygen atoms in total. The van der Waals surface area contributed by atoms with Gasteiger partial charge in [0.25, 0.3) is 0 Å².